The minimum atomic E-state index is -4.48. The molecule has 166 valence electrons. The van der Waals surface area contributed by atoms with Gasteiger partial charge in [0.2, 0.25) is 10.0 Å². The van der Waals surface area contributed by atoms with Crippen LogP contribution in [0.1, 0.15) is 33.2 Å². The number of para-hydroxylation sites is 1. The fraction of sp³-hybridized carbons (Fsp3) is 0.136. The lowest BCUT2D eigenvalue weighted by molar-refractivity contribution is -0.137. The number of sulfonamides is 1. The highest BCUT2D eigenvalue weighted by molar-refractivity contribution is 7.89. The SMILES string of the molecule is O=C(OCc1cccc(C(F)(F)F)c1)c1ccc([C@H]2Nc3ccccc3S(=O)(=O)N2)cc1. The molecule has 1 aliphatic heterocycles. The van der Waals surface area contributed by atoms with Crippen LogP contribution in [-0.4, -0.2) is 14.4 Å². The Bertz CT molecular complexity index is 1260. The Balaban J connectivity index is 1.44. The van der Waals surface area contributed by atoms with Crippen molar-refractivity contribution in [1.29, 1.82) is 0 Å². The molecule has 3 aromatic rings. The quantitative estimate of drug-likeness (QED) is 0.559. The molecule has 1 atom stereocenters. The zero-order valence-electron chi connectivity index (χ0n) is 16.4. The molecule has 0 aliphatic carbocycles. The first-order valence-corrected chi connectivity index (χ1v) is 10.9. The number of rotatable bonds is 4. The number of benzene rings is 3. The van der Waals surface area contributed by atoms with E-state index in [4.69, 9.17) is 4.74 Å². The van der Waals surface area contributed by atoms with Gasteiger partial charge < -0.3 is 10.1 Å². The molecule has 0 bridgehead atoms. The number of carbonyl (C=O) groups is 1. The monoisotopic (exact) mass is 462 g/mol. The van der Waals surface area contributed by atoms with Gasteiger partial charge in [0.15, 0.2) is 0 Å². The van der Waals surface area contributed by atoms with Crippen LogP contribution in [0.25, 0.3) is 0 Å². The van der Waals surface area contributed by atoms with Gasteiger partial charge in [-0.05, 0) is 47.5 Å². The van der Waals surface area contributed by atoms with E-state index in [1.807, 2.05) is 0 Å². The molecule has 3 aromatic carbocycles. The summed E-state index contributed by atoms with van der Waals surface area (Å²) in [7, 11) is -3.70. The summed E-state index contributed by atoms with van der Waals surface area (Å²) in [5.41, 5.74) is 0.599. The lowest BCUT2D eigenvalue weighted by Gasteiger charge is -2.28. The smallest absolute Gasteiger partial charge is 0.416 e. The summed E-state index contributed by atoms with van der Waals surface area (Å²) in [5, 5.41) is 3.08. The molecule has 1 heterocycles. The molecule has 0 radical (unpaired) electrons. The van der Waals surface area contributed by atoms with Gasteiger partial charge >= 0.3 is 12.1 Å². The Kier molecular flexibility index (Phi) is 5.66. The average molecular weight is 462 g/mol. The van der Waals surface area contributed by atoms with Gasteiger partial charge in [-0.2, -0.15) is 17.9 Å². The second-order valence-electron chi connectivity index (χ2n) is 7.09. The molecule has 0 spiro atoms. The molecule has 6 nitrogen and oxygen atoms in total. The van der Waals surface area contributed by atoms with Crippen LogP contribution >= 0.6 is 0 Å². The van der Waals surface area contributed by atoms with E-state index in [1.54, 1.807) is 30.3 Å². The van der Waals surface area contributed by atoms with Gasteiger partial charge in [0.05, 0.1) is 16.8 Å². The summed E-state index contributed by atoms with van der Waals surface area (Å²) >= 11 is 0. The van der Waals surface area contributed by atoms with Crippen molar-refractivity contribution in [2.45, 2.75) is 23.8 Å². The zero-order valence-corrected chi connectivity index (χ0v) is 17.2. The number of anilines is 1. The predicted octanol–water partition coefficient (Wildman–Crippen LogP) is 4.47. The number of nitrogens with one attached hydrogen (secondary N) is 2. The summed E-state index contributed by atoms with van der Waals surface area (Å²) in [5.74, 6) is -0.712. The highest BCUT2D eigenvalue weighted by atomic mass is 32.2. The Hall–Kier alpha value is -3.37. The van der Waals surface area contributed by atoms with Gasteiger partial charge in [0.1, 0.15) is 17.7 Å². The molecule has 0 amide bonds. The van der Waals surface area contributed by atoms with E-state index in [9.17, 15) is 26.4 Å². The largest absolute Gasteiger partial charge is 0.457 e. The standard InChI is InChI=1S/C22H17F3N2O4S/c23-22(24,25)17-5-3-4-14(12-17)13-31-21(28)16-10-8-15(9-11-16)20-26-18-6-1-2-7-19(18)32(29,30)27-20/h1-12,20,26-27H,13H2/t20-/m0/s1. The summed E-state index contributed by atoms with van der Waals surface area (Å²) in [6.45, 7) is -0.314. The van der Waals surface area contributed by atoms with Gasteiger partial charge in [-0.15, -0.1) is 0 Å². The molecule has 0 aromatic heterocycles. The molecular formula is C22H17F3N2O4S. The molecule has 0 unspecified atom stereocenters. The topological polar surface area (TPSA) is 84.5 Å². The van der Waals surface area contributed by atoms with E-state index in [0.29, 0.717) is 11.3 Å². The number of esters is 1. The fourth-order valence-corrected chi connectivity index (χ4v) is 4.56. The van der Waals surface area contributed by atoms with Crippen molar-refractivity contribution in [2.24, 2.45) is 0 Å². The molecule has 0 saturated heterocycles. The third kappa shape index (κ3) is 4.61. The van der Waals surface area contributed by atoms with Crippen LogP contribution in [0.15, 0.2) is 77.7 Å². The Morgan fingerprint density at radius 2 is 1.69 bits per heavy atom. The molecular weight excluding hydrogens is 445 g/mol. The minimum Gasteiger partial charge on any atom is -0.457 e. The predicted molar refractivity (Wildman–Crippen MR) is 110 cm³/mol. The van der Waals surface area contributed by atoms with Crippen LogP contribution in [0.4, 0.5) is 18.9 Å². The van der Waals surface area contributed by atoms with Crippen molar-refractivity contribution in [1.82, 2.24) is 4.72 Å². The van der Waals surface area contributed by atoms with Gasteiger partial charge in [0, 0.05) is 0 Å². The number of halogens is 3. The maximum absolute atomic E-state index is 12.8. The van der Waals surface area contributed by atoms with Crippen molar-refractivity contribution in [3.63, 3.8) is 0 Å². The molecule has 0 fully saturated rings. The highest BCUT2D eigenvalue weighted by Crippen LogP contribution is 2.31. The maximum Gasteiger partial charge on any atom is 0.416 e. The van der Waals surface area contributed by atoms with Crippen LogP contribution in [0, 0.1) is 0 Å². The summed E-state index contributed by atoms with van der Waals surface area (Å²) in [6, 6.07) is 17.1. The van der Waals surface area contributed by atoms with Gasteiger partial charge in [-0.3, -0.25) is 0 Å². The van der Waals surface area contributed by atoms with E-state index >= 15 is 0 Å². The van der Waals surface area contributed by atoms with E-state index in [1.165, 1.54) is 30.3 Å². The van der Waals surface area contributed by atoms with Crippen LogP contribution in [0.3, 0.4) is 0 Å². The first-order chi connectivity index (χ1) is 15.1. The van der Waals surface area contributed by atoms with Crippen LogP contribution in [0.5, 0.6) is 0 Å². The van der Waals surface area contributed by atoms with E-state index in [-0.39, 0.29) is 22.6 Å². The first-order valence-electron chi connectivity index (χ1n) is 9.45. The Morgan fingerprint density at radius 3 is 2.41 bits per heavy atom. The zero-order chi connectivity index (χ0) is 22.9. The average Bonchev–Trinajstić information content (AvgIpc) is 2.77. The van der Waals surface area contributed by atoms with Crippen molar-refractivity contribution in [3.05, 3.63) is 95.1 Å². The molecule has 0 saturated carbocycles. The van der Waals surface area contributed by atoms with Gasteiger partial charge in [-0.25, -0.2) is 13.2 Å². The lowest BCUT2D eigenvalue weighted by atomic mass is 10.1. The molecule has 10 heteroatoms. The second kappa shape index (κ2) is 8.29. The maximum atomic E-state index is 12.8. The van der Waals surface area contributed by atoms with Crippen molar-refractivity contribution >= 4 is 21.7 Å². The van der Waals surface area contributed by atoms with E-state index in [0.717, 1.165) is 12.1 Å². The molecule has 2 N–H and O–H groups in total. The fourth-order valence-electron chi connectivity index (χ4n) is 3.26. The molecule has 4 rings (SSSR count). The van der Waals surface area contributed by atoms with Crippen molar-refractivity contribution in [3.8, 4) is 0 Å². The van der Waals surface area contributed by atoms with E-state index < -0.39 is 33.9 Å². The summed E-state index contributed by atoms with van der Waals surface area (Å²) in [4.78, 5) is 12.4. The highest BCUT2D eigenvalue weighted by Gasteiger charge is 2.31. The van der Waals surface area contributed by atoms with Crippen LogP contribution in [0.2, 0.25) is 0 Å². The van der Waals surface area contributed by atoms with E-state index in [2.05, 4.69) is 10.0 Å². The number of hydrogen-bond donors (Lipinski definition) is 2. The summed E-state index contributed by atoms with van der Waals surface area (Å²) < 4.78 is 70.9. The third-order valence-electron chi connectivity index (χ3n) is 4.85. The number of fused-ring (bicyclic) bond motifs is 1. The number of ether oxygens (including phenoxy) is 1. The van der Waals surface area contributed by atoms with Crippen LogP contribution < -0.4 is 10.0 Å². The Morgan fingerprint density at radius 1 is 0.969 bits per heavy atom. The third-order valence-corrected chi connectivity index (χ3v) is 6.33. The minimum absolute atomic E-state index is 0.144. The van der Waals surface area contributed by atoms with Gasteiger partial charge in [0.25, 0.3) is 0 Å². The Labute approximate surface area is 182 Å². The first kappa shape index (κ1) is 21.8. The normalized spacial score (nSPS) is 17.2. The number of carbonyl (C=O) groups excluding carboxylic acids is 1. The molecule has 1 aliphatic rings. The molecule has 32 heavy (non-hydrogen) atoms. The van der Waals surface area contributed by atoms with Crippen LogP contribution in [-0.2, 0) is 27.5 Å². The lowest BCUT2D eigenvalue weighted by Crippen LogP contribution is -2.38. The van der Waals surface area contributed by atoms with Crippen molar-refractivity contribution in [2.75, 3.05) is 5.32 Å². The van der Waals surface area contributed by atoms with Gasteiger partial charge in [-0.1, -0.05) is 36.4 Å². The second-order valence-corrected chi connectivity index (χ2v) is 8.77. The summed E-state index contributed by atoms with van der Waals surface area (Å²) in [6.07, 6.45) is -5.21. The van der Waals surface area contributed by atoms with Crippen molar-refractivity contribution < 1.29 is 31.1 Å². The number of alkyl halides is 3. The number of hydrogen-bond acceptors (Lipinski definition) is 5.